The number of nitrogens with zero attached hydrogens (tertiary/aromatic N) is 5. The van der Waals surface area contributed by atoms with Crippen LogP contribution in [0.15, 0.2) is 67.1 Å². The highest BCUT2D eigenvalue weighted by Gasteiger charge is 2.39. The third kappa shape index (κ3) is 13.5. The number of hydrogen-bond donors (Lipinski definition) is 4. The van der Waals surface area contributed by atoms with Crippen molar-refractivity contribution < 1.29 is 74.0 Å². The largest absolute Gasteiger partial charge is 0.490 e. The van der Waals surface area contributed by atoms with Crippen molar-refractivity contribution in [2.45, 2.75) is 63.6 Å². The zero-order valence-corrected chi connectivity index (χ0v) is 28.2. The van der Waals surface area contributed by atoms with Crippen LogP contribution in [0.25, 0.3) is 5.65 Å². The molecule has 0 spiro atoms. The van der Waals surface area contributed by atoms with Crippen LogP contribution in [0.1, 0.15) is 61.1 Å². The number of pyridine rings is 1. The van der Waals surface area contributed by atoms with Gasteiger partial charge >= 0.3 is 36.4 Å². The molecule has 4 N–H and O–H groups in total. The van der Waals surface area contributed by atoms with Crippen molar-refractivity contribution in [3.05, 3.63) is 83.8 Å². The summed E-state index contributed by atoms with van der Waals surface area (Å²) in [5.41, 5.74) is 3.73. The fourth-order valence-corrected chi connectivity index (χ4v) is 4.36. The lowest BCUT2D eigenvalue weighted by Crippen LogP contribution is -2.24. The lowest BCUT2D eigenvalue weighted by Gasteiger charge is -2.25. The van der Waals surface area contributed by atoms with Crippen LogP contribution in [0.2, 0.25) is 0 Å². The smallest absolute Gasteiger partial charge is 0.475 e. The Morgan fingerprint density at radius 1 is 0.778 bits per heavy atom. The first-order valence-electron chi connectivity index (χ1n) is 15.1. The van der Waals surface area contributed by atoms with E-state index in [0.717, 1.165) is 25.2 Å². The fraction of sp³-hybridized carbons (Fsp3) is 0.344. The summed E-state index contributed by atoms with van der Waals surface area (Å²) in [4.78, 5) is 50.5. The van der Waals surface area contributed by atoms with Crippen LogP contribution >= 0.6 is 0 Å². The number of nitrogens with one attached hydrogen (secondary N) is 1. The maximum atomic E-state index is 12.7. The molecule has 54 heavy (non-hydrogen) atoms. The SMILES string of the molecule is CC(C)(C)c1ccc(C(=O)Nc2cn3nc(N4CCCC4c4cccnc4)ccc3n2)cc1.O=C(O)C(F)(F)F.O=C(O)C(F)(F)F.O=C(O)C(F)(F)F. The minimum Gasteiger partial charge on any atom is -0.475 e. The summed E-state index contributed by atoms with van der Waals surface area (Å²) in [6.45, 7) is 7.41. The number of carbonyl (C=O) groups excluding carboxylic acids is 1. The second-order valence-corrected chi connectivity index (χ2v) is 11.9. The molecular weight excluding hydrogens is 751 g/mol. The summed E-state index contributed by atoms with van der Waals surface area (Å²) in [6.07, 6.45) is -7.58. The van der Waals surface area contributed by atoms with E-state index in [4.69, 9.17) is 34.8 Å². The fourth-order valence-electron chi connectivity index (χ4n) is 4.36. The minimum absolute atomic E-state index is 0.0470. The Labute approximate surface area is 299 Å². The lowest BCUT2D eigenvalue weighted by molar-refractivity contribution is -0.193. The molecule has 1 fully saturated rings. The molecule has 5 rings (SSSR count). The van der Waals surface area contributed by atoms with E-state index < -0.39 is 36.4 Å². The number of fused-ring (bicyclic) bond motifs is 1. The zero-order chi connectivity index (χ0) is 41.2. The van der Waals surface area contributed by atoms with E-state index in [2.05, 4.69) is 47.0 Å². The highest BCUT2D eigenvalue weighted by Crippen LogP contribution is 2.35. The lowest BCUT2D eigenvalue weighted by atomic mass is 9.87. The van der Waals surface area contributed by atoms with Crippen molar-refractivity contribution >= 4 is 41.1 Å². The van der Waals surface area contributed by atoms with E-state index in [9.17, 15) is 44.3 Å². The highest BCUT2D eigenvalue weighted by atomic mass is 19.4. The molecule has 1 aromatic carbocycles. The second-order valence-electron chi connectivity index (χ2n) is 11.9. The summed E-state index contributed by atoms with van der Waals surface area (Å²) in [7, 11) is 0. The molecule has 4 heterocycles. The van der Waals surface area contributed by atoms with E-state index >= 15 is 0 Å². The monoisotopic (exact) mass is 782 g/mol. The number of halogens is 9. The van der Waals surface area contributed by atoms with Crippen molar-refractivity contribution in [1.82, 2.24) is 19.6 Å². The third-order valence-electron chi connectivity index (χ3n) is 6.90. The number of carboxylic acids is 3. The average molecular weight is 783 g/mol. The maximum absolute atomic E-state index is 12.7. The molecule has 1 aliphatic rings. The number of carboxylic acid groups (broad SMARTS) is 3. The molecule has 1 aliphatic heterocycles. The number of amides is 1. The van der Waals surface area contributed by atoms with Gasteiger partial charge in [-0.1, -0.05) is 39.0 Å². The molecule has 22 heteroatoms. The number of alkyl halides is 9. The summed E-state index contributed by atoms with van der Waals surface area (Å²) < 4.78 is 96.9. The predicted octanol–water partition coefficient (Wildman–Crippen LogP) is 6.92. The highest BCUT2D eigenvalue weighted by molar-refractivity contribution is 6.03. The third-order valence-corrected chi connectivity index (χ3v) is 6.90. The van der Waals surface area contributed by atoms with Gasteiger partial charge in [-0.15, -0.1) is 5.10 Å². The molecule has 1 atom stereocenters. The van der Waals surface area contributed by atoms with Crippen molar-refractivity contribution in [2.24, 2.45) is 0 Å². The van der Waals surface area contributed by atoms with E-state index in [0.29, 0.717) is 17.0 Å². The first kappa shape index (κ1) is 44.2. The Balaban J connectivity index is 0.000000393. The van der Waals surface area contributed by atoms with E-state index in [1.54, 1.807) is 16.9 Å². The van der Waals surface area contributed by atoms with Crippen LogP contribution < -0.4 is 10.2 Å². The summed E-state index contributed by atoms with van der Waals surface area (Å²) in [5, 5.41) is 29.1. The van der Waals surface area contributed by atoms with Gasteiger partial charge in [-0.25, -0.2) is 23.9 Å². The van der Waals surface area contributed by atoms with Crippen LogP contribution in [-0.4, -0.2) is 83.8 Å². The molecule has 4 aromatic rings. The normalized spacial score (nSPS) is 14.4. The first-order valence-corrected chi connectivity index (χ1v) is 15.1. The Morgan fingerprint density at radius 2 is 1.30 bits per heavy atom. The number of carbonyl (C=O) groups is 4. The van der Waals surface area contributed by atoms with Crippen LogP contribution in [-0.2, 0) is 19.8 Å². The number of hydrogen-bond acceptors (Lipinski definition) is 8. The van der Waals surface area contributed by atoms with E-state index in [1.807, 2.05) is 48.7 Å². The van der Waals surface area contributed by atoms with Gasteiger partial charge in [0.05, 0.1) is 12.2 Å². The van der Waals surface area contributed by atoms with Gasteiger partial charge in [-0.05, 0) is 59.7 Å². The molecular formula is C32H31F9N6O7. The molecule has 13 nitrogen and oxygen atoms in total. The standard InChI is InChI=1S/C26H28N6O.3C2HF3O2/c1-26(2,3)20-10-8-18(9-11-20)25(33)29-22-17-32-23(28-22)12-13-24(30-32)31-15-5-7-21(31)19-6-4-14-27-16-19;3*3-2(4,5)1(6)7/h4,6,8-14,16-17,21H,5,7,15H2,1-3H3,(H,29,33);3*(H,6,7). The summed E-state index contributed by atoms with van der Waals surface area (Å²) in [5.74, 6) is -7.08. The van der Waals surface area contributed by atoms with Crippen LogP contribution in [0.5, 0.6) is 0 Å². The Kier molecular flexibility index (Phi) is 14.5. The maximum Gasteiger partial charge on any atom is 0.490 e. The number of aromatic nitrogens is 4. The molecule has 3 aromatic heterocycles. The van der Waals surface area contributed by atoms with Gasteiger partial charge in [-0.3, -0.25) is 9.78 Å². The topological polar surface area (TPSA) is 187 Å². The molecule has 0 aliphatic carbocycles. The Morgan fingerprint density at radius 3 is 1.74 bits per heavy atom. The van der Waals surface area contributed by atoms with Gasteiger partial charge in [0.2, 0.25) is 0 Å². The van der Waals surface area contributed by atoms with Crippen LogP contribution in [0, 0.1) is 0 Å². The van der Waals surface area contributed by atoms with E-state index in [1.165, 1.54) is 11.1 Å². The van der Waals surface area contributed by atoms with Crippen LogP contribution in [0.3, 0.4) is 0 Å². The quantitative estimate of drug-likeness (QED) is 0.158. The predicted molar refractivity (Wildman–Crippen MR) is 171 cm³/mol. The van der Waals surface area contributed by atoms with Gasteiger partial charge in [0, 0.05) is 24.5 Å². The number of aliphatic carboxylic acids is 3. The van der Waals surface area contributed by atoms with E-state index in [-0.39, 0.29) is 17.4 Å². The van der Waals surface area contributed by atoms with Gasteiger partial charge < -0.3 is 25.5 Å². The molecule has 294 valence electrons. The van der Waals surface area contributed by atoms with Gasteiger partial charge in [0.1, 0.15) is 5.82 Å². The number of anilines is 2. The molecule has 0 bridgehead atoms. The van der Waals surface area contributed by atoms with Crippen molar-refractivity contribution in [3.8, 4) is 0 Å². The Bertz CT molecular complexity index is 1830. The van der Waals surface area contributed by atoms with Crippen molar-refractivity contribution in [1.29, 1.82) is 0 Å². The van der Waals surface area contributed by atoms with Gasteiger partial charge in [0.25, 0.3) is 5.91 Å². The second kappa shape index (κ2) is 17.7. The number of benzene rings is 1. The van der Waals surface area contributed by atoms with Crippen molar-refractivity contribution in [3.63, 3.8) is 0 Å². The summed E-state index contributed by atoms with van der Waals surface area (Å²) >= 11 is 0. The minimum atomic E-state index is -5.08. The Hall–Kier alpha value is -5.96. The molecule has 0 saturated carbocycles. The zero-order valence-electron chi connectivity index (χ0n) is 28.2. The van der Waals surface area contributed by atoms with Gasteiger partial charge in [0.15, 0.2) is 11.5 Å². The molecule has 1 amide bonds. The average Bonchev–Trinajstić information content (AvgIpc) is 3.71. The van der Waals surface area contributed by atoms with Crippen LogP contribution in [0.4, 0.5) is 51.1 Å². The first-order chi connectivity index (χ1) is 24.7. The van der Waals surface area contributed by atoms with Gasteiger partial charge in [-0.2, -0.15) is 39.5 Å². The molecule has 0 radical (unpaired) electrons. The number of imidazole rings is 1. The number of rotatable bonds is 4. The molecule has 1 saturated heterocycles. The summed E-state index contributed by atoms with van der Waals surface area (Å²) in [6, 6.07) is 16.0. The van der Waals surface area contributed by atoms with Crippen molar-refractivity contribution in [2.75, 3.05) is 16.8 Å². The molecule has 1 unspecified atom stereocenters.